The van der Waals surface area contributed by atoms with Gasteiger partial charge in [-0.15, -0.1) is 0 Å². The molecule has 0 unspecified atom stereocenters. The second-order valence-corrected chi connectivity index (χ2v) is 7.59. The first-order valence-corrected chi connectivity index (χ1v) is 11.6. The van der Waals surface area contributed by atoms with E-state index in [4.69, 9.17) is 20.1 Å². The summed E-state index contributed by atoms with van der Waals surface area (Å²) >= 11 is 0. The molecule has 0 aliphatic rings. The van der Waals surface area contributed by atoms with Crippen LogP contribution < -0.4 is 16.0 Å². The number of rotatable bonds is 22. The van der Waals surface area contributed by atoms with E-state index in [1.165, 1.54) is 0 Å². The van der Waals surface area contributed by atoms with Gasteiger partial charge in [0.25, 0.3) is 0 Å². The number of ether oxygens (including phenoxy) is 1. The van der Waals surface area contributed by atoms with Crippen LogP contribution in [0.4, 0.5) is 17.8 Å². The molecule has 0 aliphatic heterocycles. The van der Waals surface area contributed by atoms with Crippen LogP contribution in [-0.2, 0) is 14.3 Å². The van der Waals surface area contributed by atoms with Gasteiger partial charge in [0, 0.05) is 39.1 Å². The lowest BCUT2D eigenvalue weighted by atomic mass is 10.2. The Hall–Kier alpha value is -2.73. The molecule has 33 heavy (non-hydrogen) atoms. The summed E-state index contributed by atoms with van der Waals surface area (Å²) in [7, 11) is 0. The van der Waals surface area contributed by atoms with Crippen molar-refractivity contribution in [3.05, 3.63) is 0 Å². The standard InChI is InChI=1S/C21H38N6O6/c28-16-33-15-9-3-8-14-24-21-26-19(22-12-6-1-4-10-17(29)30)25-20(27-21)23-13-7-2-5-11-18(31)32/h28H,1-16H2,(H,29,30)(H,31,32)(H3,22,23,24,25,26,27). The van der Waals surface area contributed by atoms with Gasteiger partial charge in [-0.2, -0.15) is 15.0 Å². The average Bonchev–Trinajstić information content (AvgIpc) is 2.77. The Balaban J connectivity index is 2.48. The molecule has 0 spiro atoms. The second-order valence-electron chi connectivity index (χ2n) is 7.59. The first-order valence-electron chi connectivity index (χ1n) is 11.6. The molecule has 0 amide bonds. The van der Waals surface area contributed by atoms with Crippen molar-refractivity contribution in [1.29, 1.82) is 0 Å². The first-order chi connectivity index (χ1) is 16.0. The molecule has 1 aromatic heterocycles. The molecule has 0 bridgehead atoms. The van der Waals surface area contributed by atoms with Crippen LogP contribution in [0.2, 0.25) is 0 Å². The van der Waals surface area contributed by atoms with Gasteiger partial charge in [0.15, 0.2) is 0 Å². The Morgan fingerprint density at radius 1 is 0.636 bits per heavy atom. The molecule has 0 fully saturated rings. The zero-order chi connectivity index (χ0) is 24.2. The van der Waals surface area contributed by atoms with Crippen molar-refractivity contribution in [1.82, 2.24) is 15.0 Å². The van der Waals surface area contributed by atoms with E-state index in [0.29, 0.717) is 56.9 Å². The van der Waals surface area contributed by atoms with Crippen LogP contribution >= 0.6 is 0 Å². The van der Waals surface area contributed by atoms with Crippen LogP contribution in [0, 0.1) is 0 Å². The number of aliphatic carboxylic acids is 2. The van der Waals surface area contributed by atoms with Crippen molar-refractivity contribution in [3.63, 3.8) is 0 Å². The Morgan fingerprint density at radius 2 is 1.03 bits per heavy atom. The number of carboxylic acids is 2. The van der Waals surface area contributed by atoms with E-state index in [2.05, 4.69) is 30.9 Å². The molecule has 188 valence electrons. The lowest BCUT2D eigenvalue weighted by Crippen LogP contribution is -2.14. The van der Waals surface area contributed by atoms with Gasteiger partial charge < -0.3 is 36.0 Å². The van der Waals surface area contributed by atoms with Crippen LogP contribution in [0.1, 0.15) is 70.6 Å². The van der Waals surface area contributed by atoms with Crippen LogP contribution in [0.15, 0.2) is 0 Å². The molecule has 12 nitrogen and oxygen atoms in total. The van der Waals surface area contributed by atoms with Crippen molar-refractivity contribution >= 4 is 29.8 Å². The minimum absolute atomic E-state index is 0.173. The lowest BCUT2D eigenvalue weighted by molar-refractivity contribution is -0.138. The lowest BCUT2D eigenvalue weighted by Gasteiger charge is -2.11. The highest BCUT2D eigenvalue weighted by Crippen LogP contribution is 2.11. The fourth-order valence-electron chi connectivity index (χ4n) is 2.94. The van der Waals surface area contributed by atoms with Crippen LogP contribution in [0.3, 0.4) is 0 Å². The van der Waals surface area contributed by atoms with Crippen molar-refractivity contribution in [2.45, 2.75) is 70.6 Å². The quantitative estimate of drug-likeness (QED) is 0.108. The van der Waals surface area contributed by atoms with E-state index in [-0.39, 0.29) is 19.6 Å². The number of aliphatic hydroxyl groups excluding tert-OH is 1. The van der Waals surface area contributed by atoms with Gasteiger partial charge in [-0.3, -0.25) is 9.59 Å². The van der Waals surface area contributed by atoms with Gasteiger partial charge in [0.05, 0.1) is 0 Å². The molecule has 1 aromatic rings. The molecule has 0 saturated carbocycles. The molecule has 1 rings (SSSR count). The molecule has 6 N–H and O–H groups in total. The maximum Gasteiger partial charge on any atom is 0.303 e. The highest BCUT2D eigenvalue weighted by molar-refractivity contribution is 5.66. The summed E-state index contributed by atoms with van der Waals surface area (Å²) in [6.45, 7) is 2.22. The number of hydrogen-bond donors (Lipinski definition) is 6. The monoisotopic (exact) mass is 470 g/mol. The maximum atomic E-state index is 10.6. The molecule has 12 heteroatoms. The summed E-state index contributed by atoms with van der Waals surface area (Å²) in [4.78, 5) is 34.4. The number of carboxylic acid groups (broad SMARTS) is 2. The van der Waals surface area contributed by atoms with Gasteiger partial charge >= 0.3 is 11.9 Å². The summed E-state index contributed by atoms with van der Waals surface area (Å²) in [6, 6.07) is 0. The number of aliphatic hydroxyl groups is 1. The Bertz CT molecular complexity index is 634. The second kappa shape index (κ2) is 18.8. The molecule has 0 aromatic carbocycles. The third-order valence-corrected chi connectivity index (χ3v) is 4.68. The molecule has 0 atom stereocenters. The number of nitrogens with zero attached hydrogens (tertiary/aromatic N) is 3. The molecule has 0 radical (unpaired) electrons. The summed E-state index contributed by atoms with van der Waals surface area (Å²) in [5.41, 5.74) is 0. The van der Waals surface area contributed by atoms with E-state index in [1.54, 1.807) is 0 Å². The third-order valence-electron chi connectivity index (χ3n) is 4.68. The van der Waals surface area contributed by atoms with Crippen LogP contribution in [-0.4, -0.2) is 75.2 Å². The largest absolute Gasteiger partial charge is 0.481 e. The number of nitrogens with one attached hydrogen (secondary N) is 3. The van der Waals surface area contributed by atoms with Gasteiger partial charge in [-0.25, -0.2) is 0 Å². The van der Waals surface area contributed by atoms with E-state index >= 15 is 0 Å². The predicted octanol–water partition coefficient (Wildman–Crippen LogP) is 2.53. The molecular weight excluding hydrogens is 432 g/mol. The van der Waals surface area contributed by atoms with Crippen LogP contribution in [0.5, 0.6) is 0 Å². The minimum Gasteiger partial charge on any atom is -0.481 e. The zero-order valence-corrected chi connectivity index (χ0v) is 19.2. The van der Waals surface area contributed by atoms with Gasteiger partial charge in [-0.05, 0) is 44.9 Å². The third kappa shape index (κ3) is 16.5. The molecule has 0 saturated heterocycles. The molecule has 1 heterocycles. The summed E-state index contributed by atoms with van der Waals surface area (Å²) in [5, 5.41) is 35.5. The molecule has 0 aliphatic carbocycles. The fraction of sp³-hybridized carbons (Fsp3) is 0.762. The van der Waals surface area contributed by atoms with Crippen molar-refractivity contribution < 1.29 is 29.6 Å². The summed E-state index contributed by atoms with van der Waals surface area (Å²) in [6.07, 6.45) is 7.56. The van der Waals surface area contributed by atoms with Crippen LogP contribution in [0.25, 0.3) is 0 Å². The van der Waals surface area contributed by atoms with E-state index in [0.717, 1.165) is 44.9 Å². The van der Waals surface area contributed by atoms with E-state index in [9.17, 15) is 9.59 Å². The Kier molecular flexibility index (Phi) is 16.1. The van der Waals surface area contributed by atoms with Gasteiger partial charge in [0.1, 0.15) is 6.79 Å². The maximum absolute atomic E-state index is 10.6. The average molecular weight is 471 g/mol. The number of hydrogen-bond acceptors (Lipinski definition) is 10. The smallest absolute Gasteiger partial charge is 0.303 e. The first kappa shape index (κ1) is 28.3. The number of anilines is 3. The molecular formula is C21H38N6O6. The predicted molar refractivity (Wildman–Crippen MR) is 124 cm³/mol. The number of unbranched alkanes of at least 4 members (excludes halogenated alkanes) is 6. The number of aromatic nitrogens is 3. The Labute approximate surface area is 194 Å². The van der Waals surface area contributed by atoms with E-state index in [1.807, 2.05) is 0 Å². The van der Waals surface area contributed by atoms with Crippen molar-refractivity contribution in [3.8, 4) is 0 Å². The van der Waals surface area contributed by atoms with Gasteiger partial charge in [0.2, 0.25) is 17.8 Å². The van der Waals surface area contributed by atoms with Crippen molar-refractivity contribution in [2.75, 3.05) is 49.0 Å². The highest BCUT2D eigenvalue weighted by Gasteiger charge is 2.07. The zero-order valence-electron chi connectivity index (χ0n) is 19.2. The summed E-state index contributed by atoms with van der Waals surface area (Å²) < 4.78 is 4.90. The Morgan fingerprint density at radius 3 is 1.39 bits per heavy atom. The topological polar surface area (TPSA) is 179 Å². The number of carbonyl (C=O) groups is 2. The minimum atomic E-state index is -0.782. The van der Waals surface area contributed by atoms with Crippen molar-refractivity contribution in [2.24, 2.45) is 0 Å². The fourth-order valence-corrected chi connectivity index (χ4v) is 2.94. The van der Waals surface area contributed by atoms with E-state index < -0.39 is 11.9 Å². The normalized spacial score (nSPS) is 10.7. The SMILES string of the molecule is O=C(O)CCCCCNc1nc(NCCCCCOCO)nc(NCCCCCC(=O)O)n1. The highest BCUT2D eigenvalue weighted by atomic mass is 16.6. The van der Waals surface area contributed by atoms with Gasteiger partial charge in [-0.1, -0.05) is 12.8 Å². The summed E-state index contributed by atoms with van der Waals surface area (Å²) in [5.74, 6) is -0.226.